The lowest BCUT2D eigenvalue weighted by Gasteiger charge is -2.10. The van der Waals surface area contributed by atoms with Gasteiger partial charge in [0.2, 0.25) is 0 Å². The van der Waals surface area contributed by atoms with E-state index >= 15 is 0 Å². The number of nitrogens with zero attached hydrogens (tertiary/aromatic N) is 3. The van der Waals surface area contributed by atoms with Gasteiger partial charge in [0.15, 0.2) is 5.15 Å². The van der Waals surface area contributed by atoms with Crippen LogP contribution >= 0.6 is 11.6 Å². The second-order valence-corrected chi connectivity index (χ2v) is 6.26. The van der Waals surface area contributed by atoms with Crippen molar-refractivity contribution in [3.63, 3.8) is 0 Å². The van der Waals surface area contributed by atoms with Crippen molar-refractivity contribution in [2.24, 2.45) is 0 Å². The third-order valence-corrected chi connectivity index (χ3v) is 4.22. The van der Waals surface area contributed by atoms with E-state index in [2.05, 4.69) is 11.9 Å². The normalized spacial score (nSPS) is 11.1. The Kier molecular flexibility index (Phi) is 7.55. The van der Waals surface area contributed by atoms with Crippen LogP contribution in [-0.4, -0.2) is 27.1 Å². The molecule has 1 aromatic carbocycles. The van der Waals surface area contributed by atoms with E-state index < -0.39 is 10.9 Å². The minimum atomic E-state index is -0.452. The van der Waals surface area contributed by atoms with E-state index in [9.17, 15) is 14.9 Å². The molecule has 0 spiro atoms. The van der Waals surface area contributed by atoms with E-state index in [4.69, 9.17) is 16.3 Å². The number of nitro benzene ring substituents is 1. The van der Waals surface area contributed by atoms with Crippen molar-refractivity contribution in [3.05, 3.63) is 62.7 Å². The van der Waals surface area contributed by atoms with Crippen molar-refractivity contribution < 1.29 is 14.5 Å². The highest BCUT2D eigenvalue weighted by Gasteiger charge is 2.15. The van der Waals surface area contributed by atoms with Crippen molar-refractivity contribution in [2.45, 2.75) is 39.7 Å². The lowest BCUT2D eigenvalue weighted by molar-refractivity contribution is -0.384. The van der Waals surface area contributed by atoms with E-state index in [1.807, 2.05) is 4.57 Å². The molecule has 0 saturated heterocycles. The van der Waals surface area contributed by atoms with Crippen molar-refractivity contribution in [1.29, 1.82) is 0 Å². The molecule has 0 aliphatic carbocycles. The van der Waals surface area contributed by atoms with E-state index in [0.717, 1.165) is 30.7 Å². The van der Waals surface area contributed by atoms with E-state index in [0.29, 0.717) is 24.0 Å². The maximum atomic E-state index is 11.6. The van der Waals surface area contributed by atoms with Crippen LogP contribution in [0.5, 0.6) is 0 Å². The number of carbonyl (C=O) groups excluding carboxylic acids is 1. The molecule has 27 heavy (non-hydrogen) atoms. The molecule has 144 valence electrons. The lowest BCUT2D eigenvalue weighted by atomic mass is 10.2. The first-order chi connectivity index (χ1) is 13.0. The summed E-state index contributed by atoms with van der Waals surface area (Å²) < 4.78 is 6.83. The summed E-state index contributed by atoms with van der Waals surface area (Å²) >= 11 is 6.30. The first-order valence-electron chi connectivity index (χ1n) is 8.79. The summed E-state index contributed by atoms with van der Waals surface area (Å²) in [6, 6.07) is 6.34. The van der Waals surface area contributed by atoms with Gasteiger partial charge in [-0.3, -0.25) is 10.1 Å². The van der Waals surface area contributed by atoms with Gasteiger partial charge < -0.3 is 9.30 Å². The second-order valence-electron chi connectivity index (χ2n) is 5.90. The van der Waals surface area contributed by atoms with Gasteiger partial charge in [0.05, 0.1) is 17.2 Å². The number of rotatable bonds is 9. The number of aryl methyl sites for hydroxylation is 1. The molecule has 2 rings (SSSR count). The van der Waals surface area contributed by atoms with Crippen molar-refractivity contribution in [3.8, 4) is 0 Å². The second kappa shape index (κ2) is 9.87. The van der Waals surface area contributed by atoms with Gasteiger partial charge in [-0.05, 0) is 25.0 Å². The minimum absolute atomic E-state index is 0.0380. The summed E-state index contributed by atoms with van der Waals surface area (Å²) in [6.07, 6.45) is 5.62. The number of imidazole rings is 1. The number of unbranched alkanes of at least 4 members (excludes halogenated alkanes) is 1. The Bertz CT molecular complexity index is 828. The molecule has 2 aromatic rings. The standard InChI is InChI=1S/C19H22ClN3O4/c1-3-5-6-17-21-19(20)16(11-12-18(24)27-4-2)22(17)13-14-7-9-15(10-8-14)23(25)26/h7-12H,3-6,13H2,1-2H3. The fourth-order valence-corrected chi connectivity index (χ4v) is 2.85. The fourth-order valence-electron chi connectivity index (χ4n) is 2.59. The van der Waals surface area contributed by atoms with Gasteiger partial charge in [-0.25, -0.2) is 9.78 Å². The maximum Gasteiger partial charge on any atom is 0.330 e. The number of aromatic nitrogens is 2. The molecular formula is C19H22ClN3O4. The van der Waals surface area contributed by atoms with E-state index in [1.54, 1.807) is 25.1 Å². The molecule has 0 atom stereocenters. The summed E-state index contributed by atoms with van der Waals surface area (Å²) in [6.45, 7) is 4.56. The molecule has 0 radical (unpaired) electrons. The van der Waals surface area contributed by atoms with Crippen LogP contribution < -0.4 is 0 Å². The molecule has 0 saturated carbocycles. The third-order valence-electron chi connectivity index (χ3n) is 3.95. The fraction of sp³-hybridized carbons (Fsp3) is 0.368. The van der Waals surface area contributed by atoms with Crippen LogP contribution in [0.4, 0.5) is 5.69 Å². The van der Waals surface area contributed by atoms with E-state index in [-0.39, 0.29) is 5.69 Å². The Morgan fingerprint density at radius 2 is 2.04 bits per heavy atom. The Balaban J connectivity index is 2.34. The van der Waals surface area contributed by atoms with Crippen LogP contribution in [0.3, 0.4) is 0 Å². The molecule has 1 aromatic heterocycles. The van der Waals surface area contributed by atoms with Crippen LogP contribution in [0.25, 0.3) is 6.08 Å². The number of benzene rings is 1. The molecule has 0 bridgehead atoms. The quantitative estimate of drug-likeness (QED) is 0.273. The summed E-state index contributed by atoms with van der Waals surface area (Å²) in [4.78, 5) is 26.5. The number of hydrogen-bond donors (Lipinski definition) is 0. The molecular weight excluding hydrogens is 370 g/mol. The number of esters is 1. The van der Waals surface area contributed by atoms with Gasteiger partial charge in [0.1, 0.15) is 5.82 Å². The first kappa shape index (κ1) is 20.6. The van der Waals surface area contributed by atoms with Gasteiger partial charge in [-0.1, -0.05) is 37.1 Å². The monoisotopic (exact) mass is 391 g/mol. The SMILES string of the molecule is CCCCc1nc(Cl)c(C=CC(=O)OCC)n1Cc1ccc([N+](=O)[O-])cc1. The van der Waals surface area contributed by atoms with E-state index in [1.165, 1.54) is 18.2 Å². The number of nitro groups is 1. The van der Waals surface area contributed by atoms with Gasteiger partial charge >= 0.3 is 5.97 Å². The Morgan fingerprint density at radius 1 is 1.33 bits per heavy atom. The zero-order chi connectivity index (χ0) is 19.8. The van der Waals surface area contributed by atoms with Crippen LogP contribution in [0, 0.1) is 10.1 Å². The number of ether oxygens (including phenoxy) is 1. The van der Waals surface area contributed by atoms with Gasteiger partial charge in [-0.15, -0.1) is 0 Å². The largest absolute Gasteiger partial charge is 0.463 e. The lowest BCUT2D eigenvalue weighted by Crippen LogP contribution is -2.08. The van der Waals surface area contributed by atoms with Crippen LogP contribution in [0.1, 0.15) is 43.8 Å². The summed E-state index contributed by atoms with van der Waals surface area (Å²) in [5.41, 5.74) is 1.52. The summed E-state index contributed by atoms with van der Waals surface area (Å²) in [5.74, 6) is 0.357. The number of carbonyl (C=O) groups is 1. The molecule has 0 N–H and O–H groups in total. The maximum absolute atomic E-state index is 11.6. The molecule has 8 heteroatoms. The Morgan fingerprint density at radius 3 is 2.63 bits per heavy atom. The molecule has 7 nitrogen and oxygen atoms in total. The number of halogens is 1. The number of non-ortho nitro benzene ring substituents is 1. The molecule has 0 aliphatic heterocycles. The molecule has 0 aliphatic rings. The van der Waals surface area contributed by atoms with Crippen LogP contribution in [0.15, 0.2) is 30.3 Å². The molecule has 1 heterocycles. The van der Waals surface area contributed by atoms with Crippen molar-refractivity contribution >= 4 is 29.3 Å². The summed E-state index contributed by atoms with van der Waals surface area (Å²) in [5, 5.41) is 11.1. The summed E-state index contributed by atoms with van der Waals surface area (Å²) in [7, 11) is 0. The average molecular weight is 392 g/mol. The zero-order valence-corrected chi connectivity index (χ0v) is 16.1. The molecule has 0 amide bonds. The third kappa shape index (κ3) is 5.65. The molecule has 0 unspecified atom stereocenters. The van der Waals surface area contributed by atoms with Crippen LogP contribution in [0.2, 0.25) is 5.15 Å². The highest BCUT2D eigenvalue weighted by Crippen LogP contribution is 2.23. The van der Waals surface area contributed by atoms with Gasteiger partial charge in [-0.2, -0.15) is 0 Å². The van der Waals surface area contributed by atoms with Crippen molar-refractivity contribution in [1.82, 2.24) is 9.55 Å². The first-order valence-corrected chi connectivity index (χ1v) is 9.17. The highest BCUT2D eigenvalue weighted by molar-refractivity contribution is 6.30. The smallest absolute Gasteiger partial charge is 0.330 e. The van der Waals surface area contributed by atoms with Gasteiger partial charge in [0.25, 0.3) is 5.69 Å². The topological polar surface area (TPSA) is 87.3 Å². The van der Waals surface area contributed by atoms with Crippen LogP contribution in [-0.2, 0) is 22.5 Å². The average Bonchev–Trinajstić information content (AvgIpc) is 2.93. The Labute approximate surface area is 162 Å². The predicted molar refractivity (Wildman–Crippen MR) is 104 cm³/mol. The Hall–Kier alpha value is -2.67. The zero-order valence-electron chi connectivity index (χ0n) is 15.4. The highest BCUT2D eigenvalue weighted by atomic mass is 35.5. The predicted octanol–water partition coefficient (Wildman–Crippen LogP) is 4.41. The van der Waals surface area contributed by atoms with Crippen molar-refractivity contribution in [2.75, 3.05) is 6.61 Å². The minimum Gasteiger partial charge on any atom is -0.463 e. The van der Waals surface area contributed by atoms with Gasteiger partial charge in [0, 0.05) is 31.2 Å². The molecule has 0 fully saturated rings. The number of hydrogen-bond acceptors (Lipinski definition) is 5.